The highest BCUT2D eigenvalue weighted by molar-refractivity contribution is 5.96. The summed E-state index contributed by atoms with van der Waals surface area (Å²) >= 11 is 0. The SMILES string of the molecule is CCOc1ncccc1C(=O)NC[C@](C)(O)c1ccco1. The van der Waals surface area contributed by atoms with Crippen LogP contribution in [0.1, 0.15) is 30.0 Å². The first-order valence-electron chi connectivity index (χ1n) is 6.67. The Balaban J connectivity index is 2.05. The van der Waals surface area contributed by atoms with E-state index in [4.69, 9.17) is 9.15 Å². The van der Waals surface area contributed by atoms with Crippen molar-refractivity contribution in [1.82, 2.24) is 10.3 Å². The summed E-state index contributed by atoms with van der Waals surface area (Å²) in [6.07, 6.45) is 3.03. The van der Waals surface area contributed by atoms with Crippen LogP contribution in [0.3, 0.4) is 0 Å². The van der Waals surface area contributed by atoms with Crippen molar-refractivity contribution in [3.63, 3.8) is 0 Å². The van der Waals surface area contributed by atoms with Crippen molar-refractivity contribution >= 4 is 5.91 Å². The monoisotopic (exact) mass is 290 g/mol. The maximum atomic E-state index is 12.2. The van der Waals surface area contributed by atoms with Gasteiger partial charge in [-0.2, -0.15) is 0 Å². The predicted molar refractivity (Wildman–Crippen MR) is 76.0 cm³/mol. The fourth-order valence-corrected chi connectivity index (χ4v) is 1.84. The molecular weight excluding hydrogens is 272 g/mol. The van der Waals surface area contributed by atoms with Crippen molar-refractivity contribution in [2.75, 3.05) is 13.2 Å². The predicted octanol–water partition coefficient (Wildman–Crippen LogP) is 1.71. The smallest absolute Gasteiger partial charge is 0.256 e. The Morgan fingerprint density at radius 1 is 1.48 bits per heavy atom. The van der Waals surface area contributed by atoms with E-state index in [9.17, 15) is 9.90 Å². The fourth-order valence-electron chi connectivity index (χ4n) is 1.84. The molecule has 0 spiro atoms. The van der Waals surface area contributed by atoms with Crippen molar-refractivity contribution in [3.05, 3.63) is 48.0 Å². The van der Waals surface area contributed by atoms with Crippen LogP contribution in [0.25, 0.3) is 0 Å². The molecule has 6 nitrogen and oxygen atoms in total. The van der Waals surface area contributed by atoms with Crippen LogP contribution >= 0.6 is 0 Å². The third-order valence-corrected chi connectivity index (χ3v) is 2.94. The Labute approximate surface area is 122 Å². The van der Waals surface area contributed by atoms with E-state index in [-0.39, 0.29) is 18.3 Å². The second-order valence-electron chi connectivity index (χ2n) is 4.72. The van der Waals surface area contributed by atoms with Crippen molar-refractivity contribution in [3.8, 4) is 5.88 Å². The normalized spacial score (nSPS) is 13.5. The molecule has 2 rings (SSSR count). The quantitative estimate of drug-likeness (QED) is 0.846. The number of nitrogens with one attached hydrogen (secondary N) is 1. The van der Waals surface area contributed by atoms with Crippen LogP contribution in [0.5, 0.6) is 5.88 Å². The molecule has 0 saturated carbocycles. The lowest BCUT2D eigenvalue weighted by Crippen LogP contribution is -2.38. The number of pyridine rings is 1. The van der Waals surface area contributed by atoms with E-state index in [1.54, 1.807) is 37.4 Å². The van der Waals surface area contributed by atoms with Gasteiger partial charge in [0, 0.05) is 6.20 Å². The molecule has 2 aromatic rings. The van der Waals surface area contributed by atoms with E-state index >= 15 is 0 Å². The average Bonchev–Trinajstić information content (AvgIpc) is 3.01. The average molecular weight is 290 g/mol. The minimum Gasteiger partial charge on any atom is -0.477 e. The first-order chi connectivity index (χ1) is 10.0. The molecule has 0 unspecified atom stereocenters. The number of carbonyl (C=O) groups is 1. The van der Waals surface area contributed by atoms with Gasteiger partial charge in [0.05, 0.1) is 19.4 Å². The van der Waals surface area contributed by atoms with Gasteiger partial charge in [-0.25, -0.2) is 4.98 Å². The van der Waals surface area contributed by atoms with Gasteiger partial charge in [-0.05, 0) is 38.1 Å². The van der Waals surface area contributed by atoms with E-state index in [1.165, 1.54) is 6.26 Å². The van der Waals surface area contributed by atoms with Gasteiger partial charge < -0.3 is 19.6 Å². The molecule has 6 heteroatoms. The minimum absolute atomic E-state index is 0.0137. The topological polar surface area (TPSA) is 84.6 Å². The molecule has 0 fully saturated rings. The van der Waals surface area contributed by atoms with Gasteiger partial charge in [0.2, 0.25) is 5.88 Å². The molecule has 0 aromatic carbocycles. The van der Waals surface area contributed by atoms with Gasteiger partial charge >= 0.3 is 0 Å². The van der Waals surface area contributed by atoms with Crippen molar-refractivity contribution in [2.24, 2.45) is 0 Å². The third kappa shape index (κ3) is 3.61. The van der Waals surface area contributed by atoms with Crippen LogP contribution in [0.15, 0.2) is 41.1 Å². The zero-order valence-corrected chi connectivity index (χ0v) is 12.0. The number of hydrogen-bond donors (Lipinski definition) is 2. The van der Waals surface area contributed by atoms with Gasteiger partial charge in [-0.15, -0.1) is 0 Å². The summed E-state index contributed by atoms with van der Waals surface area (Å²) in [5.74, 6) is 0.299. The molecule has 0 aliphatic carbocycles. The zero-order chi connectivity index (χ0) is 15.3. The Morgan fingerprint density at radius 2 is 2.29 bits per heavy atom. The highest BCUT2D eigenvalue weighted by Gasteiger charge is 2.27. The Bertz CT molecular complexity index is 593. The minimum atomic E-state index is -1.28. The first kappa shape index (κ1) is 15.1. The number of furan rings is 1. The summed E-state index contributed by atoms with van der Waals surface area (Å²) < 4.78 is 10.5. The van der Waals surface area contributed by atoms with Gasteiger partial charge in [0.1, 0.15) is 16.9 Å². The molecule has 0 radical (unpaired) electrons. The second kappa shape index (κ2) is 6.41. The van der Waals surface area contributed by atoms with Crippen LogP contribution in [-0.4, -0.2) is 29.1 Å². The van der Waals surface area contributed by atoms with E-state index in [0.29, 0.717) is 17.9 Å². The number of carbonyl (C=O) groups excluding carboxylic acids is 1. The van der Waals surface area contributed by atoms with Gasteiger partial charge in [0.15, 0.2) is 0 Å². The van der Waals surface area contributed by atoms with Crippen LogP contribution in [0.4, 0.5) is 0 Å². The largest absolute Gasteiger partial charge is 0.477 e. The molecule has 2 heterocycles. The van der Waals surface area contributed by atoms with E-state index in [0.717, 1.165) is 0 Å². The number of aromatic nitrogens is 1. The maximum Gasteiger partial charge on any atom is 0.256 e. The summed E-state index contributed by atoms with van der Waals surface area (Å²) in [6.45, 7) is 3.82. The summed E-state index contributed by atoms with van der Waals surface area (Å²) in [5, 5.41) is 12.9. The van der Waals surface area contributed by atoms with Gasteiger partial charge in [0.25, 0.3) is 5.91 Å². The molecule has 0 aliphatic rings. The van der Waals surface area contributed by atoms with Crippen LogP contribution in [-0.2, 0) is 5.60 Å². The van der Waals surface area contributed by atoms with Crippen molar-refractivity contribution in [1.29, 1.82) is 0 Å². The summed E-state index contributed by atoms with van der Waals surface area (Å²) in [5.41, 5.74) is -0.956. The van der Waals surface area contributed by atoms with Crippen LogP contribution < -0.4 is 10.1 Å². The lowest BCUT2D eigenvalue weighted by molar-refractivity contribution is 0.0329. The number of hydrogen-bond acceptors (Lipinski definition) is 5. The molecule has 21 heavy (non-hydrogen) atoms. The fraction of sp³-hybridized carbons (Fsp3) is 0.333. The standard InChI is InChI=1S/C15H18N2O4/c1-3-20-14-11(6-4-8-16-14)13(18)17-10-15(2,19)12-7-5-9-21-12/h4-9,19H,3,10H2,1-2H3,(H,17,18)/t15-/m0/s1. The molecule has 2 N–H and O–H groups in total. The highest BCUT2D eigenvalue weighted by atomic mass is 16.5. The molecule has 112 valence electrons. The Kier molecular flexibility index (Phi) is 4.59. The number of rotatable bonds is 6. The Morgan fingerprint density at radius 3 is 2.95 bits per heavy atom. The van der Waals surface area contributed by atoms with Crippen LogP contribution in [0, 0.1) is 0 Å². The second-order valence-corrected chi connectivity index (χ2v) is 4.72. The van der Waals surface area contributed by atoms with Gasteiger partial charge in [-0.3, -0.25) is 4.79 Å². The third-order valence-electron chi connectivity index (χ3n) is 2.94. The Hall–Kier alpha value is -2.34. The number of amides is 1. The van der Waals surface area contributed by atoms with E-state index < -0.39 is 5.60 Å². The van der Waals surface area contributed by atoms with Crippen LogP contribution in [0.2, 0.25) is 0 Å². The van der Waals surface area contributed by atoms with Crippen molar-refractivity contribution < 1.29 is 19.1 Å². The van der Waals surface area contributed by atoms with Gasteiger partial charge in [-0.1, -0.05) is 0 Å². The number of ether oxygens (including phenoxy) is 1. The lowest BCUT2D eigenvalue weighted by Gasteiger charge is -2.21. The number of aliphatic hydroxyl groups is 1. The molecule has 0 aliphatic heterocycles. The van der Waals surface area contributed by atoms with E-state index in [1.807, 2.05) is 6.92 Å². The molecule has 0 bridgehead atoms. The lowest BCUT2D eigenvalue weighted by atomic mass is 10.0. The molecule has 1 atom stereocenters. The first-order valence-corrected chi connectivity index (χ1v) is 6.67. The summed E-state index contributed by atoms with van der Waals surface area (Å²) in [4.78, 5) is 16.2. The maximum absolute atomic E-state index is 12.2. The van der Waals surface area contributed by atoms with E-state index in [2.05, 4.69) is 10.3 Å². The zero-order valence-electron chi connectivity index (χ0n) is 12.0. The summed E-state index contributed by atoms with van der Waals surface area (Å²) in [6, 6.07) is 6.61. The number of nitrogens with zero attached hydrogens (tertiary/aromatic N) is 1. The highest BCUT2D eigenvalue weighted by Crippen LogP contribution is 2.20. The van der Waals surface area contributed by atoms with Crippen molar-refractivity contribution in [2.45, 2.75) is 19.4 Å². The molecule has 0 saturated heterocycles. The summed E-state index contributed by atoms with van der Waals surface area (Å²) in [7, 11) is 0. The molecule has 1 amide bonds. The molecular formula is C15H18N2O4. The molecule has 2 aromatic heterocycles.